The van der Waals surface area contributed by atoms with E-state index in [9.17, 15) is 9.59 Å². The number of ether oxygens (including phenoxy) is 1. The number of alkyl carbamates (subject to hydrolysis) is 1. The van der Waals surface area contributed by atoms with Crippen molar-refractivity contribution in [2.45, 2.75) is 19.4 Å². The maximum atomic E-state index is 11.1. The van der Waals surface area contributed by atoms with Crippen LogP contribution in [0.15, 0.2) is 0 Å². The van der Waals surface area contributed by atoms with Crippen LogP contribution in [0.3, 0.4) is 0 Å². The fourth-order valence-corrected chi connectivity index (χ4v) is 1.18. The van der Waals surface area contributed by atoms with Gasteiger partial charge in [0.25, 0.3) is 0 Å². The van der Waals surface area contributed by atoms with Crippen LogP contribution in [0.2, 0.25) is 0 Å². The number of carbonyl (C=O) groups excluding carboxylic acids is 2. The molecule has 0 saturated heterocycles. The maximum Gasteiger partial charge on any atom is 0.407 e. The zero-order valence-electron chi connectivity index (χ0n) is 7.42. The lowest BCUT2D eigenvalue weighted by Crippen LogP contribution is -2.38. The molecule has 0 aromatic carbocycles. The Labute approximate surface area is 76.0 Å². The molecule has 4 nitrogen and oxygen atoms in total. The molecule has 1 unspecified atom stereocenters. The van der Waals surface area contributed by atoms with Crippen LogP contribution in [0.25, 0.3) is 0 Å². The van der Waals surface area contributed by atoms with Gasteiger partial charge in [0.05, 0.1) is 7.11 Å². The lowest BCUT2D eigenvalue weighted by Gasteiger charge is -2.12. The van der Waals surface area contributed by atoms with Gasteiger partial charge >= 0.3 is 6.09 Å². The summed E-state index contributed by atoms with van der Waals surface area (Å²) in [5.74, 6) is 0. The van der Waals surface area contributed by atoms with Crippen molar-refractivity contribution < 1.29 is 14.3 Å². The van der Waals surface area contributed by atoms with Gasteiger partial charge in [-0.3, -0.25) is 4.79 Å². The second-order valence-electron chi connectivity index (χ2n) is 2.12. The third-order valence-electron chi connectivity index (χ3n) is 1.37. The standard InChI is InChI=1S/C7H13NO3S/c1-4-5(6(9)12-3)8-7(10)11-2/h5H,4H2,1-3H3,(H,8,10). The van der Waals surface area contributed by atoms with Crippen LogP contribution >= 0.6 is 11.8 Å². The lowest BCUT2D eigenvalue weighted by atomic mass is 10.2. The van der Waals surface area contributed by atoms with Gasteiger partial charge in [0.15, 0.2) is 0 Å². The van der Waals surface area contributed by atoms with E-state index >= 15 is 0 Å². The third-order valence-corrected chi connectivity index (χ3v) is 2.06. The molecule has 0 radical (unpaired) electrons. The summed E-state index contributed by atoms with van der Waals surface area (Å²) in [5, 5.41) is 2.38. The minimum absolute atomic E-state index is 0.0529. The summed E-state index contributed by atoms with van der Waals surface area (Å²) in [6.45, 7) is 1.83. The smallest absolute Gasteiger partial charge is 0.407 e. The largest absolute Gasteiger partial charge is 0.453 e. The van der Waals surface area contributed by atoms with Crippen molar-refractivity contribution >= 4 is 23.0 Å². The van der Waals surface area contributed by atoms with Crippen LogP contribution in [-0.2, 0) is 9.53 Å². The Balaban J connectivity index is 3.99. The zero-order chi connectivity index (χ0) is 9.56. The Bertz CT molecular complexity index is 172. The molecule has 5 heteroatoms. The number of nitrogens with one attached hydrogen (secondary N) is 1. The Morgan fingerprint density at radius 2 is 2.17 bits per heavy atom. The quantitative estimate of drug-likeness (QED) is 0.723. The van der Waals surface area contributed by atoms with Crippen molar-refractivity contribution in [2.24, 2.45) is 0 Å². The molecule has 0 aromatic heterocycles. The van der Waals surface area contributed by atoms with Gasteiger partial charge in [-0.05, 0) is 12.7 Å². The van der Waals surface area contributed by atoms with Gasteiger partial charge in [0.1, 0.15) is 6.04 Å². The first-order valence-electron chi connectivity index (χ1n) is 3.58. The van der Waals surface area contributed by atoms with E-state index in [-0.39, 0.29) is 5.12 Å². The molecular formula is C7H13NO3S. The average Bonchev–Trinajstić information content (AvgIpc) is 2.12. The predicted octanol–water partition coefficient (Wildman–Crippen LogP) is 1.01. The number of methoxy groups -OCH3 is 1. The molecule has 0 heterocycles. The molecule has 1 amide bonds. The first-order valence-corrected chi connectivity index (χ1v) is 4.80. The number of amides is 1. The molecule has 1 N–H and O–H groups in total. The first kappa shape index (κ1) is 11.3. The van der Waals surface area contributed by atoms with Crippen molar-refractivity contribution in [1.82, 2.24) is 5.32 Å². The van der Waals surface area contributed by atoms with Gasteiger partial charge in [0, 0.05) is 0 Å². The van der Waals surface area contributed by atoms with Crippen molar-refractivity contribution in [3.05, 3.63) is 0 Å². The SMILES string of the molecule is CCC(NC(=O)OC)C(=O)SC. The third kappa shape index (κ3) is 3.61. The lowest BCUT2D eigenvalue weighted by molar-refractivity contribution is -0.112. The Morgan fingerprint density at radius 1 is 1.58 bits per heavy atom. The number of thioether (sulfide) groups is 1. The van der Waals surface area contributed by atoms with Gasteiger partial charge in [-0.15, -0.1) is 0 Å². The summed E-state index contributed by atoms with van der Waals surface area (Å²) in [7, 11) is 1.27. The normalized spacial score (nSPS) is 11.9. The summed E-state index contributed by atoms with van der Waals surface area (Å²) in [5.41, 5.74) is 0. The fraction of sp³-hybridized carbons (Fsp3) is 0.714. The van der Waals surface area contributed by atoms with Gasteiger partial charge in [0.2, 0.25) is 5.12 Å². The van der Waals surface area contributed by atoms with Crippen molar-refractivity contribution in [1.29, 1.82) is 0 Å². The minimum Gasteiger partial charge on any atom is -0.453 e. The van der Waals surface area contributed by atoms with Gasteiger partial charge in [-0.25, -0.2) is 4.79 Å². The highest BCUT2D eigenvalue weighted by molar-refractivity contribution is 8.13. The topological polar surface area (TPSA) is 55.4 Å². The fourth-order valence-electron chi connectivity index (χ4n) is 0.671. The van der Waals surface area contributed by atoms with E-state index < -0.39 is 12.1 Å². The predicted molar refractivity (Wildman–Crippen MR) is 48.1 cm³/mol. The van der Waals surface area contributed by atoms with Crippen LogP contribution in [0.5, 0.6) is 0 Å². The molecule has 0 fully saturated rings. The van der Waals surface area contributed by atoms with E-state index in [4.69, 9.17) is 0 Å². The highest BCUT2D eigenvalue weighted by Gasteiger charge is 2.17. The number of rotatable bonds is 3. The molecule has 1 atom stereocenters. The molecular weight excluding hydrogens is 178 g/mol. The summed E-state index contributed by atoms with van der Waals surface area (Å²) in [4.78, 5) is 21.8. The minimum atomic E-state index is -0.566. The number of hydrogen-bond acceptors (Lipinski definition) is 4. The van der Waals surface area contributed by atoms with Gasteiger partial charge in [-0.1, -0.05) is 18.7 Å². The highest BCUT2D eigenvalue weighted by atomic mass is 32.2. The first-order chi connectivity index (χ1) is 5.65. The Kier molecular flexibility index (Phi) is 5.53. The molecule has 0 aliphatic rings. The van der Waals surface area contributed by atoms with E-state index in [1.807, 2.05) is 6.92 Å². The summed E-state index contributed by atoms with van der Waals surface area (Å²) in [6.07, 6.45) is 1.70. The molecule has 0 aromatic rings. The molecule has 70 valence electrons. The van der Waals surface area contributed by atoms with Crippen LogP contribution in [0, 0.1) is 0 Å². The monoisotopic (exact) mass is 191 g/mol. The summed E-state index contributed by atoms with van der Waals surface area (Å²) >= 11 is 1.10. The van der Waals surface area contributed by atoms with Crippen molar-refractivity contribution in [3.63, 3.8) is 0 Å². The van der Waals surface area contributed by atoms with Crippen LogP contribution in [-0.4, -0.2) is 30.6 Å². The molecule has 0 aliphatic heterocycles. The van der Waals surface area contributed by atoms with Crippen molar-refractivity contribution in [2.75, 3.05) is 13.4 Å². The molecule has 0 rings (SSSR count). The average molecular weight is 191 g/mol. The molecule has 0 saturated carbocycles. The summed E-state index contributed by atoms with van der Waals surface area (Å²) in [6, 6.07) is -0.438. The maximum absolute atomic E-state index is 11.1. The zero-order valence-corrected chi connectivity index (χ0v) is 8.23. The van der Waals surface area contributed by atoms with Gasteiger partial charge < -0.3 is 10.1 Å². The van der Waals surface area contributed by atoms with Crippen molar-refractivity contribution in [3.8, 4) is 0 Å². The van der Waals surface area contributed by atoms with E-state index in [1.54, 1.807) is 6.26 Å². The van der Waals surface area contributed by atoms with E-state index in [0.29, 0.717) is 6.42 Å². The molecule has 12 heavy (non-hydrogen) atoms. The van der Waals surface area contributed by atoms with E-state index in [1.165, 1.54) is 7.11 Å². The molecule has 0 aliphatic carbocycles. The second-order valence-corrected chi connectivity index (χ2v) is 2.93. The summed E-state index contributed by atoms with van der Waals surface area (Å²) < 4.78 is 4.37. The van der Waals surface area contributed by atoms with Crippen LogP contribution in [0.1, 0.15) is 13.3 Å². The van der Waals surface area contributed by atoms with Gasteiger partial charge in [-0.2, -0.15) is 0 Å². The number of hydrogen-bond donors (Lipinski definition) is 1. The van der Waals surface area contributed by atoms with Crippen LogP contribution < -0.4 is 5.32 Å². The van der Waals surface area contributed by atoms with Crippen LogP contribution in [0.4, 0.5) is 4.79 Å². The molecule has 0 bridgehead atoms. The highest BCUT2D eigenvalue weighted by Crippen LogP contribution is 2.03. The number of carbonyl (C=O) groups is 2. The Hall–Kier alpha value is -0.710. The Morgan fingerprint density at radius 3 is 2.50 bits per heavy atom. The molecule has 0 spiro atoms. The van der Waals surface area contributed by atoms with E-state index in [2.05, 4.69) is 10.1 Å². The van der Waals surface area contributed by atoms with E-state index in [0.717, 1.165) is 11.8 Å². The second kappa shape index (κ2) is 5.88.